The summed E-state index contributed by atoms with van der Waals surface area (Å²) in [6.07, 6.45) is 1.56. The highest BCUT2D eigenvalue weighted by Gasteiger charge is 2.14. The number of nitrogens with zero attached hydrogens (tertiary/aromatic N) is 1. The highest BCUT2D eigenvalue weighted by Crippen LogP contribution is 2.25. The topological polar surface area (TPSA) is 102 Å². The van der Waals surface area contributed by atoms with Crippen molar-refractivity contribution in [2.24, 2.45) is 0 Å². The number of amides is 1. The molecule has 1 heterocycles. The van der Waals surface area contributed by atoms with Crippen molar-refractivity contribution in [1.29, 1.82) is 0 Å². The molecule has 156 valence electrons. The number of benzene rings is 2. The first-order valence-corrected chi connectivity index (χ1v) is 8.73. The highest BCUT2D eigenvalue weighted by atomic mass is 19.3. The van der Waals surface area contributed by atoms with Crippen LogP contribution >= 0.6 is 0 Å². The number of imidazole rings is 1. The Balaban J connectivity index is 1.59. The fraction of sp³-hybridized carbons (Fsp3) is 0.150. The summed E-state index contributed by atoms with van der Waals surface area (Å²) < 4.78 is 35.5. The summed E-state index contributed by atoms with van der Waals surface area (Å²) in [5.74, 6) is -1.69. The Morgan fingerprint density at radius 2 is 1.83 bits per heavy atom. The molecule has 2 aromatic carbocycles. The number of rotatable bonds is 7. The number of nitrogens with one attached hydrogen (secondary N) is 2. The number of carbonyl (C=O) groups is 2. The number of H-pyrrole nitrogens is 1. The van der Waals surface area contributed by atoms with E-state index in [0.717, 1.165) is 0 Å². The Bertz CT molecular complexity index is 1110. The number of aryl methyl sites for hydroxylation is 1. The molecule has 0 bridgehead atoms. The minimum absolute atomic E-state index is 0.0236. The lowest BCUT2D eigenvalue weighted by molar-refractivity contribution is -0.119. The average Bonchev–Trinajstić information content (AvgIpc) is 3.05. The number of aromatic nitrogens is 2. The zero-order valence-electron chi connectivity index (χ0n) is 15.7. The zero-order chi connectivity index (χ0) is 21.7. The van der Waals surface area contributed by atoms with Gasteiger partial charge in [0.15, 0.2) is 6.61 Å². The number of para-hydroxylation sites is 2. The van der Waals surface area contributed by atoms with Crippen molar-refractivity contribution < 1.29 is 27.8 Å². The summed E-state index contributed by atoms with van der Waals surface area (Å²) in [4.78, 5) is 38.5. The van der Waals surface area contributed by atoms with Gasteiger partial charge in [0.05, 0.1) is 16.9 Å². The van der Waals surface area contributed by atoms with Gasteiger partial charge in [0.25, 0.3) is 5.91 Å². The maximum absolute atomic E-state index is 12.4. The van der Waals surface area contributed by atoms with Crippen molar-refractivity contribution in [3.63, 3.8) is 0 Å². The van der Waals surface area contributed by atoms with Crippen LogP contribution in [0.1, 0.15) is 16.1 Å². The number of esters is 1. The fourth-order valence-electron chi connectivity index (χ4n) is 2.69. The monoisotopic (exact) mass is 417 g/mol. The second kappa shape index (κ2) is 9.03. The molecule has 0 spiro atoms. The molecule has 30 heavy (non-hydrogen) atoms. The first kappa shape index (κ1) is 20.8. The SMILES string of the molecule is Cc1c[nH]c(=O)n1-c1ccc(C(=O)OCC(=O)Nc2ccccc2OC(F)F)cc1. The van der Waals surface area contributed by atoms with E-state index in [1.54, 1.807) is 25.3 Å². The Morgan fingerprint density at radius 3 is 2.47 bits per heavy atom. The van der Waals surface area contributed by atoms with Gasteiger partial charge in [-0.1, -0.05) is 12.1 Å². The van der Waals surface area contributed by atoms with E-state index in [1.807, 2.05) is 0 Å². The molecule has 8 nitrogen and oxygen atoms in total. The van der Waals surface area contributed by atoms with Gasteiger partial charge >= 0.3 is 18.3 Å². The van der Waals surface area contributed by atoms with Gasteiger partial charge in [-0.25, -0.2) is 9.59 Å². The average molecular weight is 417 g/mol. The number of halogens is 2. The number of carbonyl (C=O) groups excluding carboxylic acids is 2. The molecule has 0 saturated heterocycles. The normalized spacial score (nSPS) is 10.7. The van der Waals surface area contributed by atoms with Crippen LogP contribution in [0.4, 0.5) is 14.5 Å². The van der Waals surface area contributed by atoms with Crippen molar-refractivity contribution in [2.45, 2.75) is 13.5 Å². The predicted molar refractivity (Wildman–Crippen MR) is 103 cm³/mol. The molecule has 0 radical (unpaired) electrons. The maximum Gasteiger partial charge on any atom is 0.387 e. The molecule has 0 aliphatic heterocycles. The summed E-state index contributed by atoms with van der Waals surface area (Å²) in [6, 6.07) is 11.7. The van der Waals surface area contributed by atoms with Crippen LogP contribution in [0.5, 0.6) is 5.75 Å². The van der Waals surface area contributed by atoms with E-state index in [2.05, 4.69) is 15.0 Å². The van der Waals surface area contributed by atoms with E-state index >= 15 is 0 Å². The van der Waals surface area contributed by atoms with Crippen LogP contribution in [0, 0.1) is 6.92 Å². The van der Waals surface area contributed by atoms with Crippen LogP contribution < -0.4 is 15.7 Å². The molecule has 0 atom stereocenters. The molecular formula is C20H17F2N3O5. The fourth-order valence-corrected chi connectivity index (χ4v) is 2.69. The lowest BCUT2D eigenvalue weighted by atomic mass is 10.2. The summed E-state index contributed by atoms with van der Waals surface area (Å²) in [5, 5.41) is 2.35. The maximum atomic E-state index is 12.4. The van der Waals surface area contributed by atoms with Crippen LogP contribution in [-0.4, -0.2) is 34.6 Å². The van der Waals surface area contributed by atoms with Gasteiger partial charge in [0, 0.05) is 11.9 Å². The van der Waals surface area contributed by atoms with E-state index < -0.39 is 25.1 Å². The summed E-state index contributed by atoms with van der Waals surface area (Å²) in [6.45, 7) is -1.92. The number of alkyl halides is 2. The Kier molecular flexibility index (Phi) is 6.26. The lowest BCUT2D eigenvalue weighted by Crippen LogP contribution is -2.21. The second-order valence-electron chi connectivity index (χ2n) is 6.12. The molecule has 10 heteroatoms. The van der Waals surface area contributed by atoms with Crippen molar-refractivity contribution in [3.8, 4) is 11.4 Å². The van der Waals surface area contributed by atoms with Crippen LogP contribution in [-0.2, 0) is 9.53 Å². The number of hydrogen-bond acceptors (Lipinski definition) is 5. The molecule has 0 aliphatic carbocycles. The molecule has 0 fully saturated rings. The zero-order valence-corrected chi connectivity index (χ0v) is 15.7. The minimum atomic E-state index is -3.05. The molecule has 3 aromatic rings. The predicted octanol–water partition coefficient (Wildman–Crippen LogP) is 2.87. The standard InChI is InChI=1S/C20H17F2N3O5/c1-12-10-23-20(28)25(12)14-8-6-13(7-9-14)18(27)29-11-17(26)24-15-4-2-3-5-16(15)30-19(21)22/h2-10,19H,11H2,1H3,(H,23,28)(H,24,26). The Labute approximate surface area is 169 Å². The minimum Gasteiger partial charge on any atom is -0.452 e. The quantitative estimate of drug-likeness (QED) is 0.576. The van der Waals surface area contributed by atoms with Crippen LogP contribution in [0.2, 0.25) is 0 Å². The smallest absolute Gasteiger partial charge is 0.387 e. The first-order chi connectivity index (χ1) is 14.3. The third-order valence-electron chi connectivity index (χ3n) is 4.03. The van der Waals surface area contributed by atoms with Crippen molar-refractivity contribution in [1.82, 2.24) is 9.55 Å². The molecule has 2 N–H and O–H groups in total. The lowest BCUT2D eigenvalue weighted by Gasteiger charge is -2.12. The summed E-state index contributed by atoms with van der Waals surface area (Å²) in [7, 11) is 0. The number of hydrogen-bond donors (Lipinski definition) is 2. The van der Waals surface area contributed by atoms with E-state index in [0.29, 0.717) is 11.4 Å². The second-order valence-corrected chi connectivity index (χ2v) is 6.12. The molecule has 1 aromatic heterocycles. The molecule has 1 amide bonds. The largest absolute Gasteiger partial charge is 0.452 e. The molecule has 0 unspecified atom stereocenters. The summed E-state index contributed by atoms with van der Waals surface area (Å²) >= 11 is 0. The van der Waals surface area contributed by atoms with Crippen molar-refractivity contribution in [2.75, 3.05) is 11.9 Å². The third-order valence-corrected chi connectivity index (χ3v) is 4.03. The van der Waals surface area contributed by atoms with Gasteiger partial charge in [-0.2, -0.15) is 8.78 Å². The van der Waals surface area contributed by atoms with Gasteiger partial charge < -0.3 is 19.8 Å². The number of aromatic amines is 1. The molecular weight excluding hydrogens is 400 g/mol. The van der Waals surface area contributed by atoms with E-state index in [4.69, 9.17) is 4.74 Å². The van der Waals surface area contributed by atoms with Crippen LogP contribution in [0.25, 0.3) is 5.69 Å². The third kappa shape index (κ3) is 4.90. The van der Waals surface area contributed by atoms with Gasteiger partial charge in [0.1, 0.15) is 5.75 Å². The first-order valence-electron chi connectivity index (χ1n) is 8.73. The van der Waals surface area contributed by atoms with Crippen molar-refractivity contribution >= 4 is 17.6 Å². The van der Waals surface area contributed by atoms with E-state index in [9.17, 15) is 23.2 Å². The number of ether oxygens (including phenoxy) is 2. The van der Waals surface area contributed by atoms with Gasteiger partial charge in [0.2, 0.25) is 0 Å². The van der Waals surface area contributed by atoms with E-state index in [-0.39, 0.29) is 22.7 Å². The van der Waals surface area contributed by atoms with Gasteiger partial charge in [-0.05, 0) is 43.3 Å². The highest BCUT2D eigenvalue weighted by molar-refractivity contribution is 5.96. The van der Waals surface area contributed by atoms with Crippen LogP contribution in [0.3, 0.4) is 0 Å². The molecule has 0 saturated carbocycles. The molecule has 0 aliphatic rings. The van der Waals surface area contributed by atoms with Gasteiger partial charge in [-0.3, -0.25) is 9.36 Å². The Morgan fingerprint density at radius 1 is 1.13 bits per heavy atom. The number of anilines is 1. The molecule has 3 rings (SSSR count). The Hall–Kier alpha value is -3.95. The van der Waals surface area contributed by atoms with E-state index in [1.165, 1.54) is 41.0 Å². The summed E-state index contributed by atoms with van der Waals surface area (Å²) in [5.41, 5.74) is 1.15. The van der Waals surface area contributed by atoms with Crippen molar-refractivity contribution in [3.05, 3.63) is 76.5 Å². The van der Waals surface area contributed by atoms with Gasteiger partial charge in [-0.15, -0.1) is 0 Å². The van der Waals surface area contributed by atoms with Crippen LogP contribution in [0.15, 0.2) is 59.5 Å².